The monoisotopic (exact) mass is 283 g/mol. The van der Waals surface area contributed by atoms with Gasteiger partial charge < -0.3 is 10.4 Å². The first kappa shape index (κ1) is 14.1. The number of hydrogen-bond donors (Lipinski definition) is 2. The molecule has 0 radical (unpaired) electrons. The number of fused-ring (bicyclic) bond motifs is 1. The minimum absolute atomic E-state index is 0.0697. The minimum Gasteiger partial charge on any atom is -0.385 e. The van der Waals surface area contributed by atoms with E-state index in [2.05, 4.69) is 10.3 Å². The van der Waals surface area contributed by atoms with Gasteiger partial charge in [0.1, 0.15) is 18.0 Å². The van der Waals surface area contributed by atoms with Crippen LogP contribution in [0.3, 0.4) is 0 Å². The number of nitro groups is 1. The van der Waals surface area contributed by atoms with Crippen LogP contribution in [0.5, 0.6) is 0 Å². The number of alkyl halides is 2. The maximum atomic E-state index is 12.3. The van der Waals surface area contributed by atoms with Gasteiger partial charge in [-0.2, -0.15) is 0 Å². The first-order chi connectivity index (χ1) is 9.50. The second-order valence-corrected chi connectivity index (χ2v) is 4.08. The Bertz CT molecular complexity index is 636. The molecular formula is C12H11F2N3O3. The molecule has 0 aliphatic heterocycles. The van der Waals surface area contributed by atoms with Crippen LogP contribution in [0.25, 0.3) is 10.9 Å². The van der Waals surface area contributed by atoms with Crippen molar-refractivity contribution in [2.45, 2.75) is 12.5 Å². The number of para-hydroxylation sites is 1. The van der Waals surface area contributed by atoms with Crippen molar-refractivity contribution in [3.8, 4) is 0 Å². The van der Waals surface area contributed by atoms with E-state index in [1.807, 2.05) is 0 Å². The predicted octanol–water partition coefficient (Wildman–Crippen LogP) is 2.18. The Labute approximate surface area is 112 Å². The number of nitrogens with zero attached hydrogens (tertiary/aromatic N) is 2. The number of halogens is 2. The molecular weight excluding hydrogens is 272 g/mol. The van der Waals surface area contributed by atoms with Gasteiger partial charge in [-0.1, -0.05) is 18.2 Å². The lowest BCUT2D eigenvalue weighted by atomic mass is 10.1. The smallest absolute Gasteiger partial charge is 0.311 e. The molecule has 8 heteroatoms. The van der Waals surface area contributed by atoms with Gasteiger partial charge >= 0.3 is 5.69 Å². The van der Waals surface area contributed by atoms with E-state index >= 15 is 0 Å². The quantitative estimate of drug-likeness (QED) is 0.648. The molecule has 0 aliphatic rings. The van der Waals surface area contributed by atoms with Crippen LogP contribution in [0.2, 0.25) is 0 Å². The normalized spacial score (nSPS) is 12.6. The number of nitrogens with one attached hydrogen (secondary N) is 1. The van der Waals surface area contributed by atoms with Crippen molar-refractivity contribution in [3.05, 3.63) is 40.6 Å². The highest BCUT2D eigenvalue weighted by atomic mass is 19.3. The van der Waals surface area contributed by atoms with Crippen LogP contribution in [-0.2, 0) is 0 Å². The minimum atomic E-state index is -2.92. The Kier molecular flexibility index (Phi) is 4.04. The third-order valence-corrected chi connectivity index (χ3v) is 2.73. The number of anilines is 1. The molecule has 1 aromatic carbocycles. The van der Waals surface area contributed by atoms with Crippen molar-refractivity contribution in [2.24, 2.45) is 0 Å². The molecule has 2 N–H and O–H groups in total. The molecule has 0 amide bonds. The van der Waals surface area contributed by atoms with Crippen LogP contribution in [0, 0.1) is 10.1 Å². The van der Waals surface area contributed by atoms with Gasteiger partial charge in [0.05, 0.1) is 10.4 Å². The van der Waals surface area contributed by atoms with Gasteiger partial charge in [0.2, 0.25) is 0 Å². The van der Waals surface area contributed by atoms with Gasteiger partial charge in [-0.15, -0.1) is 0 Å². The molecule has 6 nitrogen and oxygen atoms in total. The third-order valence-electron chi connectivity index (χ3n) is 2.73. The topological polar surface area (TPSA) is 88.3 Å². The van der Waals surface area contributed by atoms with Crippen LogP contribution < -0.4 is 5.32 Å². The number of aliphatic hydroxyl groups excluding tert-OH is 1. The van der Waals surface area contributed by atoms with Gasteiger partial charge in [0.15, 0.2) is 0 Å². The summed E-state index contributed by atoms with van der Waals surface area (Å²) in [5.74, 6) is 0. The molecule has 2 rings (SSSR count). The second-order valence-electron chi connectivity index (χ2n) is 4.08. The average Bonchev–Trinajstić information content (AvgIpc) is 2.43. The van der Waals surface area contributed by atoms with E-state index in [9.17, 15) is 18.9 Å². The lowest BCUT2D eigenvalue weighted by Crippen LogP contribution is -2.27. The predicted molar refractivity (Wildman–Crippen MR) is 68.9 cm³/mol. The van der Waals surface area contributed by atoms with Crippen molar-refractivity contribution in [2.75, 3.05) is 11.9 Å². The van der Waals surface area contributed by atoms with E-state index in [1.54, 1.807) is 24.3 Å². The number of aromatic nitrogens is 1. The van der Waals surface area contributed by atoms with Gasteiger partial charge in [-0.05, 0) is 6.07 Å². The first-order valence-electron chi connectivity index (χ1n) is 5.73. The molecule has 1 aromatic heterocycles. The van der Waals surface area contributed by atoms with Crippen molar-refractivity contribution in [3.63, 3.8) is 0 Å². The molecule has 1 atom stereocenters. The number of rotatable bonds is 5. The summed E-state index contributed by atoms with van der Waals surface area (Å²) in [7, 11) is 0. The van der Waals surface area contributed by atoms with Gasteiger partial charge in [-0.3, -0.25) is 10.1 Å². The van der Waals surface area contributed by atoms with E-state index in [1.165, 1.54) is 0 Å². The SMILES string of the molecule is O=[N+]([O-])c1cnc2ccccc2c1NCC(O)C(F)F. The van der Waals surface area contributed by atoms with E-state index in [-0.39, 0.29) is 11.4 Å². The Balaban J connectivity index is 2.42. The fraction of sp³-hybridized carbons (Fsp3) is 0.250. The average molecular weight is 283 g/mol. The molecule has 0 fully saturated rings. The summed E-state index contributed by atoms with van der Waals surface area (Å²) in [6, 6.07) is 6.60. The number of hydrogen-bond acceptors (Lipinski definition) is 5. The lowest BCUT2D eigenvalue weighted by molar-refractivity contribution is -0.384. The third kappa shape index (κ3) is 2.80. The fourth-order valence-electron chi connectivity index (χ4n) is 1.75. The summed E-state index contributed by atoms with van der Waals surface area (Å²) >= 11 is 0. The molecule has 1 unspecified atom stereocenters. The summed E-state index contributed by atoms with van der Waals surface area (Å²) < 4.78 is 24.5. The Morgan fingerprint density at radius 3 is 2.75 bits per heavy atom. The highest BCUT2D eigenvalue weighted by Crippen LogP contribution is 2.31. The lowest BCUT2D eigenvalue weighted by Gasteiger charge is -2.13. The highest BCUT2D eigenvalue weighted by Gasteiger charge is 2.21. The number of pyridine rings is 1. The summed E-state index contributed by atoms with van der Waals surface area (Å²) in [5.41, 5.74) is 0.234. The molecule has 0 spiro atoms. The molecule has 1 heterocycles. The Hall–Kier alpha value is -2.35. The van der Waals surface area contributed by atoms with Crippen molar-refractivity contribution in [1.29, 1.82) is 0 Å². The molecule has 0 saturated carbocycles. The van der Waals surface area contributed by atoms with Crippen molar-refractivity contribution in [1.82, 2.24) is 4.98 Å². The summed E-state index contributed by atoms with van der Waals surface area (Å²) in [6.45, 7) is -0.494. The molecule has 0 saturated heterocycles. The first-order valence-corrected chi connectivity index (χ1v) is 5.73. The van der Waals surface area contributed by atoms with Gasteiger partial charge in [0, 0.05) is 11.9 Å². The standard InChI is InChI=1S/C12H11F2N3O3/c13-12(14)10(18)6-16-11-7-3-1-2-4-8(7)15-5-9(11)17(19)20/h1-5,10,12,18H,6H2,(H,15,16). The molecule has 0 bridgehead atoms. The van der Waals surface area contributed by atoms with E-state index < -0.39 is 24.0 Å². The molecule has 106 valence electrons. The van der Waals surface area contributed by atoms with Crippen molar-refractivity contribution < 1.29 is 18.8 Å². The maximum Gasteiger partial charge on any atom is 0.311 e. The number of benzene rings is 1. The second kappa shape index (κ2) is 5.74. The van der Waals surface area contributed by atoms with Crippen LogP contribution in [0.1, 0.15) is 0 Å². The van der Waals surface area contributed by atoms with E-state index in [0.717, 1.165) is 6.20 Å². The van der Waals surface area contributed by atoms with Gasteiger partial charge in [0.25, 0.3) is 6.43 Å². The summed E-state index contributed by atoms with van der Waals surface area (Å²) in [5, 5.41) is 23.0. The van der Waals surface area contributed by atoms with Crippen molar-refractivity contribution >= 4 is 22.3 Å². The molecule has 0 aliphatic carbocycles. The zero-order valence-corrected chi connectivity index (χ0v) is 10.2. The van der Waals surface area contributed by atoms with Crippen LogP contribution >= 0.6 is 0 Å². The zero-order valence-electron chi connectivity index (χ0n) is 10.2. The largest absolute Gasteiger partial charge is 0.385 e. The van der Waals surface area contributed by atoms with E-state index in [0.29, 0.717) is 10.9 Å². The zero-order chi connectivity index (χ0) is 14.7. The molecule has 2 aromatic rings. The highest BCUT2D eigenvalue weighted by molar-refractivity contribution is 5.95. The van der Waals surface area contributed by atoms with Crippen LogP contribution in [0.4, 0.5) is 20.2 Å². The summed E-state index contributed by atoms with van der Waals surface area (Å²) in [6.07, 6.45) is -3.77. The Morgan fingerprint density at radius 1 is 1.40 bits per heavy atom. The maximum absolute atomic E-state index is 12.3. The fourth-order valence-corrected chi connectivity index (χ4v) is 1.75. The Morgan fingerprint density at radius 2 is 2.10 bits per heavy atom. The van der Waals surface area contributed by atoms with E-state index in [4.69, 9.17) is 5.11 Å². The molecule has 20 heavy (non-hydrogen) atoms. The number of aliphatic hydroxyl groups is 1. The van der Waals surface area contributed by atoms with Crippen LogP contribution in [-0.4, -0.2) is 34.1 Å². The van der Waals surface area contributed by atoms with Crippen LogP contribution in [0.15, 0.2) is 30.5 Å². The van der Waals surface area contributed by atoms with Gasteiger partial charge in [-0.25, -0.2) is 13.8 Å². The summed E-state index contributed by atoms with van der Waals surface area (Å²) in [4.78, 5) is 14.2.